The number of hydrogen-bond acceptors (Lipinski definition) is 2. The highest BCUT2D eigenvalue weighted by Crippen LogP contribution is 2.23. The molecule has 1 aromatic rings. The molecule has 0 radical (unpaired) electrons. The fourth-order valence-corrected chi connectivity index (χ4v) is 1.03. The molecular formula is C10H2F4O3. The minimum absolute atomic E-state index is 0.0419. The van der Waals surface area contributed by atoms with Gasteiger partial charge in [0.25, 0.3) is 0 Å². The molecule has 1 rings (SSSR count). The van der Waals surface area contributed by atoms with Crippen molar-refractivity contribution in [3.8, 4) is 11.8 Å². The van der Waals surface area contributed by atoms with E-state index in [2.05, 4.69) is 0 Å². The first-order chi connectivity index (χ1) is 7.91. The summed E-state index contributed by atoms with van der Waals surface area (Å²) in [6.07, 6.45) is -0.0419. The summed E-state index contributed by atoms with van der Waals surface area (Å²) in [6, 6.07) is 0. The van der Waals surface area contributed by atoms with Gasteiger partial charge < -0.3 is 5.11 Å². The fraction of sp³-hybridized carbons (Fsp3) is 0. The Morgan fingerprint density at radius 1 is 1.06 bits per heavy atom. The molecule has 1 N–H and O–H groups in total. The van der Waals surface area contributed by atoms with Gasteiger partial charge in [-0.25, -0.2) is 22.4 Å². The monoisotopic (exact) mass is 246 g/mol. The molecule has 0 fully saturated rings. The number of hydrogen-bond donors (Lipinski definition) is 1. The number of carbonyl (C=O) groups excluding carboxylic acids is 1. The third-order valence-corrected chi connectivity index (χ3v) is 1.73. The molecular weight excluding hydrogens is 244 g/mol. The van der Waals surface area contributed by atoms with Gasteiger partial charge in [0, 0.05) is 0 Å². The van der Waals surface area contributed by atoms with Gasteiger partial charge in [0.2, 0.25) is 0 Å². The lowest BCUT2D eigenvalue weighted by atomic mass is 10.1. The van der Waals surface area contributed by atoms with Crippen LogP contribution in [0.2, 0.25) is 0 Å². The number of halogens is 4. The summed E-state index contributed by atoms with van der Waals surface area (Å²) in [5, 5.41) is 8.36. The number of carboxylic acid groups (broad SMARTS) is 1. The second kappa shape index (κ2) is 4.65. The number of carboxylic acids is 1. The highest BCUT2D eigenvalue weighted by atomic mass is 19.2. The lowest BCUT2D eigenvalue weighted by molar-refractivity contribution is -0.103. The van der Waals surface area contributed by atoms with Gasteiger partial charge in [-0.3, -0.25) is 4.79 Å². The van der Waals surface area contributed by atoms with Crippen LogP contribution in [0.5, 0.6) is 0 Å². The summed E-state index contributed by atoms with van der Waals surface area (Å²) in [5.41, 5.74) is -3.09. The second-order valence-corrected chi connectivity index (χ2v) is 2.70. The molecule has 0 spiro atoms. The van der Waals surface area contributed by atoms with Crippen molar-refractivity contribution >= 4 is 12.3 Å². The Morgan fingerprint density at radius 2 is 1.53 bits per heavy atom. The number of carbonyl (C=O) groups is 2. The lowest BCUT2D eigenvalue weighted by Gasteiger charge is -2.04. The molecule has 1 aromatic carbocycles. The molecule has 0 aliphatic rings. The van der Waals surface area contributed by atoms with E-state index < -0.39 is 40.4 Å². The van der Waals surface area contributed by atoms with Crippen LogP contribution in [0.25, 0.3) is 0 Å². The van der Waals surface area contributed by atoms with Crippen molar-refractivity contribution in [2.24, 2.45) is 0 Å². The average molecular weight is 246 g/mol. The predicted octanol–water partition coefficient (Wildman–Crippen LogP) is 1.49. The standard InChI is InChI=1S/C10H2F4O3/c11-6-4(2-1-3-15)7(12)9(14)5(8(6)13)10(16)17/h3H,(H,16,17). The second-order valence-electron chi connectivity index (χ2n) is 2.70. The van der Waals surface area contributed by atoms with Gasteiger partial charge in [-0.1, -0.05) is 5.92 Å². The molecule has 0 saturated heterocycles. The van der Waals surface area contributed by atoms with Crippen LogP contribution in [-0.4, -0.2) is 17.4 Å². The van der Waals surface area contributed by atoms with Crippen molar-refractivity contribution in [3.63, 3.8) is 0 Å². The first-order valence-electron chi connectivity index (χ1n) is 3.96. The van der Waals surface area contributed by atoms with Crippen molar-refractivity contribution in [2.75, 3.05) is 0 Å². The molecule has 0 aliphatic heterocycles. The zero-order chi connectivity index (χ0) is 13.2. The van der Waals surface area contributed by atoms with E-state index in [1.54, 1.807) is 5.92 Å². The number of aromatic carboxylic acids is 1. The quantitative estimate of drug-likeness (QED) is 0.353. The van der Waals surface area contributed by atoms with E-state index in [9.17, 15) is 27.2 Å². The number of benzene rings is 1. The maximum atomic E-state index is 13.1. The highest BCUT2D eigenvalue weighted by molar-refractivity contribution is 5.88. The van der Waals surface area contributed by atoms with Crippen LogP contribution < -0.4 is 0 Å². The van der Waals surface area contributed by atoms with Gasteiger partial charge in [0.1, 0.15) is 11.1 Å². The van der Waals surface area contributed by atoms with Crippen molar-refractivity contribution in [1.29, 1.82) is 0 Å². The summed E-state index contributed by atoms with van der Waals surface area (Å²) in [6.45, 7) is 0. The Hall–Kier alpha value is -2.36. The maximum absolute atomic E-state index is 13.1. The molecule has 17 heavy (non-hydrogen) atoms. The van der Waals surface area contributed by atoms with E-state index in [1.807, 2.05) is 0 Å². The van der Waals surface area contributed by atoms with Crippen LogP contribution in [0.15, 0.2) is 0 Å². The van der Waals surface area contributed by atoms with E-state index in [4.69, 9.17) is 5.11 Å². The predicted molar refractivity (Wildman–Crippen MR) is 46.2 cm³/mol. The molecule has 88 valence electrons. The van der Waals surface area contributed by atoms with Crippen LogP contribution in [0, 0.1) is 35.1 Å². The SMILES string of the molecule is O=CC#Cc1c(F)c(F)c(C(=O)O)c(F)c1F. The van der Waals surface area contributed by atoms with Crippen molar-refractivity contribution in [3.05, 3.63) is 34.4 Å². The van der Waals surface area contributed by atoms with Crippen LogP contribution in [0.3, 0.4) is 0 Å². The topological polar surface area (TPSA) is 54.4 Å². The first-order valence-corrected chi connectivity index (χ1v) is 3.96. The van der Waals surface area contributed by atoms with Gasteiger partial charge in [0.05, 0.1) is 0 Å². The summed E-state index contributed by atoms with van der Waals surface area (Å²) < 4.78 is 52.4. The molecule has 0 bridgehead atoms. The largest absolute Gasteiger partial charge is 0.477 e. The average Bonchev–Trinajstić information content (AvgIpc) is 2.26. The number of aldehydes is 1. The van der Waals surface area contributed by atoms with Gasteiger partial charge in [0.15, 0.2) is 29.6 Å². The molecule has 0 atom stereocenters. The Labute approximate surface area is 91.7 Å². The van der Waals surface area contributed by atoms with Crippen LogP contribution >= 0.6 is 0 Å². The smallest absolute Gasteiger partial charge is 0.341 e. The van der Waals surface area contributed by atoms with Gasteiger partial charge in [-0.2, -0.15) is 0 Å². The Morgan fingerprint density at radius 3 is 1.88 bits per heavy atom. The zero-order valence-corrected chi connectivity index (χ0v) is 7.85. The minimum Gasteiger partial charge on any atom is -0.477 e. The summed E-state index contributed by atoms with van der Waals surface area (Å²) in [4.78, 5) is 20.2. The zero-order valence-electron chi connectivity index (χ0n) is 7.85. The van der Waals surface area contributed by atoms with Crippen molar-refractivity contribution in [2.45, 2.75) is 0 Å². The van der Waals surface area contributed by atoms with Gasteiger partial charge >= 0.3 is 5.97 Å². The van der Waals surface area contributed by atoms with Crippen LogP contribution in [0.1, 0.15) is 15.9 Å². The van der Waals surface area contributed by atoms with E-state index in [1.165, 1.54) is 5.92 Å². The number of rotatable bonds is 1. The molecule has 0 saturated carbocycles. The molecule has 3 nitrogen and oxygen atoms in total. The van der Waals surface area contributed by atoms with Crippen molar-refractivity contribution < 1.29 is 32.3 Å². The Bertz CT molecular complexity index is 540. The molecule has 0 aromatic heterocycles. The molecule has 0 heterocycles. The van der Waals surface area contributed by atoms with Gasteiger partial charge in [-0.15, -0.1) is 0 Å². The molecule has 0 aliphatic carbocycles. The van der Waals surface area contributed by atoms with E-state index in [0.29, 0.717) is 0 Å². The lowest BCUT2D eigenvalue weighted by Crippen LogP contribution is -2.11. The third-order valence-electron chi connectivity index (χ3n) is 1.73. The summed E-state index contributed by atoms with van der Waals surface area (Å²) in [7, 11) is 0. The van der Waals surface area contributed by atoms with Crippen molar-refractivity contribution in [1.82, 2.24) is 0 Å². The molecule has 0 unspecified atom stereocenters. The van der Waals surface area contributed by atoms with Gasteiger partial charge in [-0.05, 0) is 5.92 Å². The van der Waals surface area contributed by atoms with E-state index in [-0.39, 0.29) is 6.29 Å². The fourth-order valence-electron chi connectivity index (χ4n) is 1.03. The Balaban J connectivity index is 3.70. The normalized spacial score (nSPS) is 9.41. The van der Waals surface area contributed by atoms with Crippen LogP contribution in [0.4, 0.5) is 17.6 Å². The Kier molecular flexibility index (Phi) is 3.48. The summed E-state index contributed by atoms with van der Waals surface area (Å²) in [5.74, 6) is -7.14. The first kappa shape index (κ1) is 12.7. The maximum Gasteiger partial charge on any atom is 0.341 e. The minimum atomic E-state index is -2.16. The molecule has 7 heteroatoms. The summed E-state index contributed by atoms with van der Waals surface area (Å²) >= 11 is 0. The third kappa shape index (κ3) is 2.10. The van der Waals surface area contributed by atoms with E-state index in [0.717, 1.165) is 0 Å². The highest BCUT2D eigenvalue weighted by Gasteiger charge is 2.28. The van der Waals surface area contributed by atoms with E-state index >= 15 is 0 Å². The van der Waals surface area contributed by atoms with Crippen LogP contribution in [-0.2, 0) is 4.79 Å². The molecule has 0 amide bonds.